The summed E-state index contributed by atoms with van der Waals surface area (Å²) in [5.74, 6) is -0.958. The van der Waals surface area contributed by atoms with Crippen LogP contribution in [0.5, 0.6) is 0 Å². The highest BCUT2D eigenvalue weighted by Gasteiger charge is 2.48. The second-order valence-electron chi connectivity index (χ2n) is 9.42. The van der Waals surface area contributed by atoms with E-state index < -0.39 is 52.6 Å². The van der Waals surface area contributed by atoms with Crippen LogP contribution in [0.4, 0.5) is 0 Å². The molecule has 2 N–H and O–H groups in total. The fraction of sp³-hybridized carbons (Fsp3) is 0.636. The van der Waals surface area contributed by atoms with Crippen molar-refractivity contribution in [2.45, 2.75) is 76.3 Å². The molecule has 0 radical (unpaired) electrons. The largest absolute Gasteiger partial charge is 0.462 e. The van der Waals surface area contributed by atoms with Crippen molar-refractivity contribution in [3.8, 4) is 0 Å². The van der Waals surface area contributed by atoms with Gasteiger partial charge in [0.15, 0.2) is 6.10 Å². The van der Waals surface area contributed by atoms with Gasteiger partial charge in [-0.3, -0.25) is 9.59 Å². The zero-order valence-electron chi connectivity index (χ0n) is 18.3. The first-order valence-corrected chi connectivity index (χ1v) is 10.8. The molecule has 7 nitrogen and oxygen atoms in total. The van der Waals surface area contributed by atoms with Crippen LogP contribution in [0.15, 0.2) is 35.2 Å². The van der Waals surface area contributed by atoms with Gasteiger partial charge in [0.05, 0.1) is 10.8 Å². The normalized spacial score (nSPS) is 27.4. The van der Waals surface area contributed by atoms with Crippen LogP contribution >= 0.6 is 11.8 Å². The monoisotopic (exact) mass is 440 g/mol. The highest BCUT2D eigenvalue weighted by atomic mass is 32.2. The van der Waals surface area contributed by atoms with Gasteiger partial charge < -0.3 is 24.4 Å². The van der Waals surface area contributed by atoms with Gasteiger partial charge in [-0.2, -0.15) is 0 Å². The summed E-state index contributed by atoms with van der Waals surface area (Å²) in [5, 5.41) is 21.3. The van der Waals surface area contributed by atoms with Gasteiger partial charge in [-0.1, -0.05) is 30.0 Å². The summed E-state index contributed by atoms with van der Waals surface area (Å²) in [6.07, 6.45) is -4.84. The molecule has 2 rings (SSSR count). The van der Waals surface area contributed by atoms with E-state index in [-0.39, 0.29) is 6.61 Å². The number of rotatable bonds is 5. The number of thioether (sulfide) groups is 1. The number of esters is 2. The second kappa shape index (κ2) is 9.68. The Labute approximate surface area is 182 Å². The first-order chi connectivity index (χ1) is 13.8. The van der Waals surface area contributed by atoms with E-state index in [1.54, 1.807) is 41.5 Å². The van der Waals surface area contributed by atoms with Crippen molar-refractivity contribution in [1.82, 2.24) is 0 Å². The minimum Gasteiger partial charge on any atom is -0.462 e. The maximum Gasteiger partial charge on any atom is 0.311 e. The van der Waals surface area contributed by atoms with Gasteiger partial charge in [0, 0.05) is 4.90 Å². The summed E-state index contributed by atoms with van der Waals surface area (Å²) in [7, 11) is 0. The van der Waals surface area contributed by atoms with Crippen LogP contribution in [-0.2, 0) is 23.8 Å². The summed E-state index contributed by atoms with van der Waals surface area (Å²) in [6.45, 7) is 10.1. The van der Waals surface area contributed by atoms with Gasteiger partial charge in [0.2, 0.25) is 0 Å². The lowest BCUT2D eigenvalue weighted by Gasteiger charge is -2.42. The zero-order valence-corrected chi connectivity index (χ0v) is 19.1. The number of carbonyl (C=O) groups is 2. The highest BCUT2D eigenvalue weighted by Crippen LogP contribution is 2.36. The quantitative estimate of drug-likeness (QED) is 0.674. The van der Waals surface area contributed by atoms with Crippen LogP contribution in [0.2, 0.25) is 0 Å². The molecule has 5 atom stereocenters. The van der Waals surface area contributed by atoms with Gasteiger partial charge in [-0.25, -0.2) is 0 Å². The molecule has 8 heteroatoms. The molecule has 0 bridgehead atoms. The molecule has 30 heavy (non-hydrogen) atoms. The third-order valence-corrected chi connectivity index (χ3v) is 5.64. The second-order valence-corrected chi connectivity index (χ2v) is 10.6. The number of hydrogen-bond acceptors (Lipinski definition) is 8. The smallest absolute Gasteiger partial charge is 0.311 e. The summed E-state index contributed by atoms with van der Waals surface area (Å²) in [5.41, 5.74) is -2.29. The molecule has 0 amide bonds. The van der Waals surface area contributed by atoms with Gasteiger partial charge >= 0.3 is 11.9 Å². The van der Waals surface area contributed by atoms with Crippen molar-refractivity contribution >= 4 is 23.7 Å². The standard InChI is InChI=1S/C22H32O7S/c1-21(2,3)19(25)27-12-14-15(23)16(24)17(29-20(26)22(4,5)6)18(28-14)30-13-10-8-7-9-11-13/h7-11,14-18,23-24H,12H2,1-6H3/t14?,15-,16?,17?,18-/m1/s1. The number of carbonyl (C=O) groups excluding carboxylic acids is 2. The topological polar surface area (TPSA) is 102 Å². The average molecular weight is 441 g/mol. The van der Waals surface area contributed by atoms with E-state index >= 15 is 0 Å². The Morgan fingerprint density at radius 2 is 1.53 bits per heavy atom. The predicted octanol–water partition coefficient (Wildman–Crippen LogP) is 2.77. The Kier molecular flexibility index (Phi) is 7.96. The van der Waals surface area contributed by atoms with E-state index in [2.05, 4.69) is 0 Å². The van der Waals surface area contributed by atoms with Crippen molar-refractivity contribution < 1.29 is 34.0 Å². The molecule has 1 fully saturated rings. The molecule has 0 aliphatic carbocycles. The molecule has 1 aliphatic heterocycles. The molecular weight excluding hydrogens is 408 g/mol. The molecule has 0 spiro atoms. The highest BCUT2D eigenvalue weighted by molar-refractivity contribution is 7.99. The summed E-state index contributed by atoms with van der Waals surface area (Å²) < 4.78 is 16.8. The first-order valence-electron chi connectivity index (χ1n) is 9.92. The maximum atomic E-state index is 12.4. The molecule has 1 aromatic carbocycles. The average Bonchev–Trinajstić information content (AvgIpc) is 2.65. The minimum atomic E-state index is -1.40. The summed E-state index contributed by atoms with van der Waals surface area (Å²) in [4.78, 5) is 25.4. The van der Waals surface area contributed by atoms with E-state index in [1.807, 2.05) is 30.3 Å². The molecule has 3 unspecified atom stereocenters. The van der Waals surface area contributed by atoms with Gasteiger partial charge in [-0.05, 0) is 53.7 Å². The van der Waals surface area contributed by atoms with E-state index in [9.17, 15) is 19.8 Å². The lowest BCUT2D eigenvalue weighted by Crippen LogP contribution is -2.59. The third-order valence-electron chi connectivity index (χ3n) is 4.49. The zero-order chi connectivity index (χ0) is 22.7. The first kappa shape index (κ1) is 24.7. The van der Waals surface area contributed by atoms with Crippen LogP contribution in [0.1, 0.15) is 41.5 Å². The van der Waals surface area contributed by atoms with Crippen molar-refractivity contribution in [3.63, 3.8) is 0 Å². The molecule has 0 saturated carbocycles. The molecule has 1 saturated heterocycles. The number of hydrogen-bond donors (Lipinski definition) is 2. The Bertz CT molecular complexity index is 721. The van der Waals surface area contributed by atoms with Gasteiger partial charge in [0.1, 0.15) is 30.4 Å². The summed E-state index contributed by atoms with van der Waals surface area (Å²) in [6, 6.07) is 9.31. The molecular formula is C22H32O7S. The van der Waals surface area contributed by atoms with Crippen LogP contribution in [-0.4, -0.2) is 58.6 Å². The lowest BCUT2D eigenvalue weighted by atomic mass is 9.96. The fourth-order valence-corrected chi connectivity index (χ4v) is 3.70. The van der Waals surface area contributed by atoms with Gasteiger partial charge in [0.25, 0.3) is 0 Å². The fourth-order valence-electron chi connectivity index (χ4n) is 2.57. The van der Waals surface area contributed by atoms with Crippen LogP contribution in [0.3, 0.4) is 0 Å². The number of aliphatic hydroxyl groups excluding tert-OH is 2. The molecule has 0 aromatic heterocycles. The van der Waals surface area contributed by atoms with Crippen LogP contribution in [0.25, 0.3) is 0 Å². The Morgan fingerprint density at radius 1 is 0.967 bits per heavy atom. The Hall–Kier alpha value is -1.61. The van der Waals surface area contributed by atoms with E-state index in [1.165, 1.54) is 11.8 Å². The number of benzene rings is 1. The Balaban J connectivity index is 2.20. The molecule has 1 aromatic rings. The predicted molar refractivity (Wildman–Crippen MR) is 113 cm³/mol. The van der Waals surface area contributed by atoms with Crippen LogP contribution < -0.4 is 0 Å². The maximum absolute atomic E-state index is 12.4. The number of ether oxygens (including phenoxy) is 3. The van der Waals surface area contributed by atoms with E-state index in [0.717, 1.165) is 4.90 Å². The number of aliphatic hydroxyl groups is 2. The third kappa shape index (κ3) is 6.44. The summed E-state index contributed by atoms with van der Waals surface area (Å²) >= 11 is 1.26. The molecule has 1 heterocycles. The SMILES string of the molecule is CC(C)(C)C(=O)OCC1O[C@H](Sc2ccccc2)C(OC(=O)C(C)(C)C)C(O)[C@@H]1O. The van der Waals surface area contributed by atoms with Crippen molar-refractivity contribution in [2.24, 2.45) is 10.8 Å². The van der Waals surface area contributed by atoms with Crippen molar-refractivity contribution in [2.75, 3.05) is 6.61 Å². The van der Waals surface area contributed by atoms with Crippen molar-refractivity contribution in [3.05, 3.63) is 30.3 Å². The van der Waals surface area contributed by atoms with Crippen LogP contribution in [0, 0.1) is 10.8 Å². The van der Waals surface area contributed by atoms with Gasteiger partial charge in [-0.15, -0.1) is 0 Å². The minimum absolute atomic E-state index is 0.222. The Morgan fingerprint density at radius 3 is 2.07 bits per heavy atom. The van der Waals surface area contributed by atoms with E-state index in [0.29, 0.717) is 0 Å². The van der Waals surface area contributed by atoms with E-state index in [4.69, 9.17) is 14.2 Å². The lowest BCUT2D eigenvalue weighted by molar-refractivity contribution is -0.226. The van der Waals surface area contributed by atoms with Crippen molar-refractivity contribution in [1.29, 1.82) is 0 Å². The molecule has 1 aliphatic rings. The molecule has 168 valence electrons.